The lowest BCUT2D eigenvalue weighted by Crippen LogP contribution is -2.51. The highest BCUT2D eigenvalue weighted by Gasteiger charge is 2.41. The lowest BCUT2D eigenvalue weighted by molar-refractivity contribution is 0.0196. The van der Waals surface area contributed by atoms with Crippen LogP contribution in [0, 0.1) is 23.6 Å². The van der Waals surface area contributed by atoms with Crippen LogP contribution in [0.15, 0.2) is 42.7 Å². The molecule has 3 atom stereocenters. The molecular weight excluding hydrogens is 612 g/mol. The number of phenolic OH excluding ortho intramolecular Hbond substituents is 1. The van der Waals surface area contributed by atoms with Gasteiger partial charge in [0.1, 0.15) is 28.9 Å². The fraction of sp³-hybridized carbons (Fsp3) is 0.432. The molecule has 3 aliphatic heterocycles. The van der Waals surface area contributed by atoms with Crippen LogP contribution >= 0.6 is 0 Å². The van der Waals surface area contributed by atoms with Crippen LogP contribution in [0.4, 0.5) is 14.6 Å². The smallest absolute Gasteiger partial charge is 0.319 e. The van der Waals surface area contributed by atoms with Crippen LogP contribution in [-0.2, 0) is 0 Å². The quantitative estimate of drug-likeness (QED) is 0.225. The summed E-state index contributed by atoms with van der Waals surface area (Å²) >= 11 is 0. The zero-order valence-corrected chi connectivity index (χ0v) is 26.6. The lowest BCUT2D eigenvalue weighted by atomic mass is 9.69. The molecule has 6 heterocycles. The predicted molar refractivity (Wildman–Crippen MR) is 181 cm³/mol. The van der Waals surface area contributed by atoms with E-state index in [-0.39, 0.29) is 16.7 Å². The number of nitrogens with one attached hydrogen (secondary N) is 1. The van der Waals surface area contributed by atoms with Gasteiger partial charge in [0.15, 0.2) is 5.82 Å². The number of imidazole rings is 1. The molecule has 2 bridgehead atoms. The van der Waals surface area contributed by atoms with Gasteiger partial charge in [-0.05, 0) is 67.3 Å². The van der Waals surface area contributed by atoms with Crippen LogP contribution in [-0.4, -0.2) is 86.9 Å². The summed E-state index contributed by atoms with van der Waals surface area (Å²) in [5.74, 6) is 2.83. The van der Waals surface area contributed by atoms with Gasteiger partial charge in [-0.2, -0.15) is 9.97 Å². The number of phenols is 1. The second-order valence-electron chi connectivity index (χ2n) is 14.2. The number of aromatic hydroxyl groups is 1. The third-order valence-electron chi connectivity index (χ3n) is 11.0. The number of likely N-dealkylation sites (tertiary alicyclic amines) is 1. The topological polar surface area (TPSA) is 91.1 Å². The van der Waals surface area contributed by atoms with Crippen molar-refractivity contribution in [1.82, 2.24) is 29.6 Å². The number of pyridine rings is 1. The standard InChI is InChI=1S/C37H37F2N7O2/c1-2-27-30(39)7-4-22-14-26(47)15-28(32(22)27)29-16-31-33(46-13-11-40-34(29)46)35(45-18-24-5-6-25(19-45)41-24)43-36(42-31)48-21-37(9-3-10-37)20-44-12-8-23(38)17-44/h1,4,7,11,13-16,23-25,41,47H,3,5-6,8-10,12,17-21H2/t23-,24-,25+/m1/s1. The summed E-state index contributed by atoms with van der Waals surface area (Å²) < 4.78 is 37.6. The number of rotatable bonds is 7. The van der Waals surface area contributed by atoms with Gasteiger partial charge in [0.05, 0.1) is 17.7 Å². The van der Waals surface area contributed by atoms with E-state index in [4.69, 9.17) is 26.1 Å². The Morgan fingerprint density at radius 1 is 1.06 bits per heavy atom. The Balaban J connectivity index is 1.20. The van der Waals surface area contributed by atoms with E-state index < -0.39 is 12.0 Å². The first-order valence-electron chi connectivity index (χ1n) is 17.0. The molecule has 4 aliphatic rings. The lowest BCUT2D eigenvalue weighted by Gasteiger charge is -2.43. The summed E-state index contributed by atoms with van der Waals surface area (Å²) in [5.41, 5.74) is 3.34. The van der Waals surface area contributed by atoms with E-state index in [9.17, 15) is 9.50 Å². The minimum absolute atomic E-state index is 0.0310. The Hall–Kier alpha value is -4.53. The van der Waals surface area contributed by atoms with Gasteiger partial charge in [-0.15, -0.1) is 6.42 Å². The first kappa shape index (κ1) is 29.6. The minimum atomic E-state index is -0.755. The summed E-state index contributed by atoms with van der Waals surface area (Å²) in [4.78, 5) is 19.4. The zero-order valence-electron chi connectivity index (χ0n) is 26.6. The van der Waals surface area contributed by atoms with Gasteiger partial charge in [-0.3, -0.25) is 9.30 Å². The number of hydrogen-bond acceptors (Lipinski definition) is 8. The first-order valence-corrected chi connectivity index (χ1v) is 17.0. The maximum absolute atomic E-state index is 15.1. The van der Waals surface area contributed by atoms with Crippen molar-refractivity contribution in [2.75, 3.05) is 44.2 Å². The van der Waals surface area contributed by atoms with E-state index in [0.29, 0.717) is 70.7 Å². The van der Waals surface area contributed by atoms with E-state index in [1.165, 1.54) is 6.07 Å². The molecule has 9 nitrogen and oxygen atoms in total. The molecule has 0 amide bonds. The van der Waals surface area contributed by atoms with Crippen molar-refractivity contribution < 1.29 is 18.6 Å². The molecule has 4 fully saturated rings. The van der Waals surface area contributed by atoms with Crippen LogP contribution in [0.3, 0.4) is 0 Å². The number of piperazine rings is 1. The van der Waals surface area contributed by atoms with Gasteiger partial charge in [0.25, 0.3) is 0 Å². The summed E-state index contributed by atoms with van der Waals surface area (Å²) in [6.07, 6.45) is 14.7. The van der Waals surface area contributed by atoms with Crippen molar-refractivity contribution in [3.63, 3.8) is 0 Å². The Morgan fingerprint density at radius 3 is 2.62 bits per heavy atom. The van der Waals surface area contributed by atoms with E-state index in [1.54, 1.807) is 24.4 Å². The molecule has 1 saturated carbocycles. The maximum atomic E-state index is 15.1. The van der Waals surface area contributed by atoms with Crippen LogP contribution in [0.2, 0.25) is 0 Å². The van der Waals surface area contributed by atoms with Gasteiger partial charge < -0.3 is 20.1 Å². The molecule has 3 saturated heterocycles. The molecule has 0 radical (unpaired) electrons. The third-order valence-corrected chi connectivity index (χ3v) is 11.0. The van der Waals surface area contributed by atoms with Crippen LogP contribution in [0.1, 0.15) is 44.1 Å². The molecule has 5 aromatic rings. The van der Waals surface area contributed by atoms with Gasteiger partial charge in [-0.25, -0.2) is 13.8 Å². The minimum Gasteiger partial charge on any atom is -0.508 e. The molecule has 9 rings (SSSR count). The summed E-state index contributed by atoms with van der Waals surface area (Å²) in [5, 5.41) is 15.6. The second-order valence-corrected chi connectivity index (χ2v) is 14.2. The monoisotopic (exact) mass is 649 g/mol. The highest BCUT2D eigenvalue weighted by Crippen LogP contribution is 2.44. The highest BCUT2D eigenvalue weighted by atomic mass is 19.1. The van der Waals surface area contributed by atoms with E-state index in [0.717, 1.165) is 69.6 Å². The number of ether oxygens (including phenoxy) is 1. The van der Waals surface area contributed by atoms with Crippen molar-refractivity contribution >= 4 is 33.3 Å². The Bertz CT molecular complexity index is 2110. The number of halogens is 2. The Morgan fingerprint density at radius 2 is 1.90 bits per heavy atom. The summed E-state index contributed by atoms with van der Waals surface area (Å²) in [6, 6.07) is 9.11. The average molecular weight is 650 g/mol. The largest absolute Gasteiger partial charge is 0.508 e. The van der Waals surface area contributed by atoms with Gasteiger partial charge in [0, 0.05) is 73.6 Å². The Kier molecular flexibility index (Phi) is 6.95. The van der Waals surface area contributed by atoms with Gasteiger partial charge in [-0.1, -0.05) is 18.4 Å². The third kappa shape index (κ3) is 4.92. The molecule has 2 N–H and O–H groups in total. The van der Waals surface area contributed by atoms with Crippen LogP contribution in [0.25, 0.3) is 38.6 Å². The van der Waals surface area contributed by atoms with Crippen LogP contribution < -0.4 is 15.0 Å². The Labute approximate surface area is 276 Å². The number of benzene rings is 2. The van der Waals surface area contributed by atoms with Crippen molar-refractivity contribution in [3.8, 4) is 35.2 Å². The molecule has 0 unspecified atom stereocenters. The number of nitrogens with zero attached hydrogens (tertiary/aromatic N) is 6. The van der Waals surface area contributed by atoms with E-state index in [1.807, 2.05) is 16.7 Å². The normalized spacial score (nSPS) is 23.6. The molecule has 246 valence electrons. The molecular formula is C37H37F2N7O2. The number of terminal acetylenes is 1. The maximum Gasteiger partial charge on any atom is 0.319 e. The molecule has 48 heavy (non-hydrogen) atoms. The molecule has 3 aromatic heterocycles. The average Bonchev–Trinajstić information content (AvgIpc) is 3.80. The highest BCUT2D eigenvalue weighted by molar-refractivity contribution is 6.06. The van der Waals surface area contributed by atoms with Gasteiger partial charge >= 0.3 is 6.01 Å². The molecule has 11 heteroatoms. The number of hydrogen-bond donors (Lipinski definition) is 2. The SMILES string of the molecule is C#Cc1c(F)ccc2cc(O)cc(-c3cc4nc(OCC5(CN6CC[C@@H](F)C6)CCC5)nc(N5C[C@H]6CC[C@@H](C5)N6)c4n4ccnc34)c12. The molecule has 2 aromatic carbocycles. The van der Waals surface area contributed by atoms with Crippen molar-refractivity contribution in [2.45, 2.75) is 56.8 Å². The molecule has 1 aliphatic carbocycles. The molecule has 0 spiro atoms. The summed E-state index contributed by atoms with van der Waals surface area (Å²) in [6.45, 7) is 4.16. The second kappa shape index (κ2) is 11.3. The van der Waals surface area contributed by atoms with Gasteiger partial charge in [0.2, 0.25) is 0 Å². The number of anilines is 1. The van der Waals surface area contributed by atoms with Crippen molar-refractivity contribution in [3.05, 3.63) is 54.1 Å². The van der Waals surface area contributed by atoms with Crippen molar-refractivity contribution in [2.24, 2.45) is 5.41 Å². The first-order chi connectivity index (χ1) is 23.4. The fourth-order valence-electron chi connectivity index (χ4n) is 8.53. The number of fused-ring (bicyclic) bond motifs is 6. The zero-order chi connectivity index (χ0) is 32.6. The van der Waals surface area contributed by atoms with Crippen molar-refractivity contribution in [1.29, 1.82) is 0 Å². The van der Waals surface area contributed by atoms with E-state index in [2.05, 4.69) is 21.0 Å². The summed E-state index contributed by atoms with van der Waals surface area (Å²) in [7, 11) is 0. The number of aromatic nitrogens is 4. The van der Waals surface area contributed by atoms with E-state index >= 15 is 4.39 Å². The number of alkyl halides is 1. The fourth-order valence-corrected chi connectivity index (χ4v) is 8.53. The van der Waals surface area contributed by atoms with Crippen LogP contribution in [0.5, 0.6) is 11.8 Å². The predicted octanol–water partition coefficient (Wildman–Crippen LogP) is 5.46.